The number of fused-ring (bicyclic) bond motifs is 1. The van der Waals surface area contributed by atoms with Crippen LogP contribution in [0.3, 0.4) is 0 Å². The number of rotatable bonds is 4. The highest BCUT2D eigenvalue weighted by molar-refractivity contribution is 5.98. The predicted octanol–water partition coefficient (Wildman–Crippen LogP) is 3.42. The van der Waals surface area contributed by atoms with Gasteiger partial charge in [-0.05, 0) is 31.0 Å². The van der Waals surface area contributed by atoms with Crippen molar-refractivity contribution in [3.8, 4) is 5.75 Å². The highest BCUT2D eigenvalue weighted by atomic mass is 16.6. The van der Waals surface area contributed by atoms with E-state index in [2.05, 4.69) is 5.32 Å². The van der Waals surface area contributed by atoms with Crippen molar-refractivity contribution in [2.45, 2.75) is 32.4 Å². The second kappa shape index (κ2) is 8.67. The number of hydrogen-bond acceptors (Lipinski definition) is 5. The molecule has 0 atom stereocenters. The molecule has 0 saturated carbocycles. The van der Waals surface area contributed by atoms with Gasteiger partial charge in [-0.1, -0.05) is 18.2 Å². The van der Waals surface area contributed by atoms with Crippen LogP contribution in [0.5, 0.6) is 5.75 Å². The molecule has 3 amide bonds. The largest absolute Gasteiger partial charge is 0.496 e. The number of anilines is 2. The quantitative estimate of drug-likeness (QED) is 0.814. The Morgan fingerprint density at radius 1 is 1.13 bits per heavy atom. The van der Waals surface area contributed by atoms with Gasteiger partial charge in [0.25, 0.3) is 5.91 Å². The number of nitrogens with zero attached hydrogens (tertiary/aromatic N) is 2. The lowest BCUT2D eigenvalue weighted by molar-refractivity contribution is -0.114. The average Bonchev–Trinajstić information content (AvgIpc) is 2.78. The Morgan fingerprint density at radius 2 is 1.87 bits per heavy atom. The van der Waals surface area contributed by atoms with E-state index in [1.54, 1.807) is 28.0 Å². The van der Waals surface area contributed by atoms with Gasteiger partial charge < -0.3 is 19.7 Å². The molecule has 162 valence electrons. The maximum absolute atomic E-state index is 13.1. The molecule has 1 saturated heterocycles. The summed E-state index contributed by atoms with van der Waals surface area (Å²) < 4.78 is 10.7. The third-order valence-electron chi connectivity index (χ3n) is 5.67. The minimum atomic E-state index is -0.335. The molecule has 1 fully saturated rings. The van der Waals surface area contributed by atoms with Crippen LogP contribution in [0.2, 0.25) is 0 Å². The van der Waals surface area contributed by atoms with Crippen molar-refractivity contribution in [1.29, 1.82) is 0 Å². The van der Waals surface area contributed by atoms with Crippen molar-refractivity contribution >= 4 is 29.3 Å². The molecule has 0 unspecified atom stereocenters. The molecular weight excluding hydrogens is 398 g/mol. The van der Waals surface area contributed by atoms with Gasteiger partial charge in [0.05, 0.1) is 18.4 Å². The van der Waals surface area contributed by atoms with Crippen LogP contribution in [0.4, 0.5) is 16.2 Å². The number of piperidine rings is 1. The maximum Gasteiger partial charge on any atom is 0.414 e. The number of carbonyl (C=O) groups is 3. The lowest BCUT2D eigenvalue weighted by Crippen LogP contribution is -2.50. The summed E-state index contributed by atoms with van der Waals surface area (Å²) in [5.74, 6) is 0.0826. The fourth-order valence-electron chi connectivity index (χ4n) is 4.17. The number of cyclic esters (lactones) is 1. The summed E-state index contributed by atoms with van der Waals surface area (Å²) in [5, 5.41) is 2.69. The smallest absolute Gasteiger partial charge is 0.414 e. The molecule has 0 spiro atoms. The molecule has 1 N–H and O–H groups in total. The van der Waals surface area contributed by atoms with Crippen LogP contribution >= 0.6 is 0 Å². The summed E-state index contributed by atoms with van der Waals surface area (Å²) in [4.78, 5) is 40.3. The van der Waals surface area contributed by atoms with Crippen LogP contribution in [0, 0.1) is 0 Å². The Kier molecular flexibility index (Phi) is 5.79. The minimum absolute atomic E-state index is 0.0259. The number of benzene rings is 2. The Hall–Kier alpha value is -3.55. The molecule has 4 rings (SSSR count). The first-order chi connectivity index (χ1) is 15.0. The van der Waals surface area contributed by atoms with E-state index in [1.165, 1.54) is 14.0 Å². The van der Waals surface area contributed by atoms with E-state index in [0.29, 0.717) is 42.9 Å². The first kappa shape index (κ1) is 20.7. The van der Waals surface area contributed by atoms with Gasteiger partial charge in [-0.15, -0.1) is 0 Å². The Morgan fingerprint density at radius 3 is 2.58 bits per heavy atom. The number of methoxy groups -OCH3 is 1. The van der Waals surface area contributed by atoms with E-state index in [-0.39, 0.29) is 30.6 Å². The summed E-state index contributed by atoms with van der Waals surface area (Å²) in [7, 11) is 1.50. The Bertz CT molecular complexity index is 1010. The van der Waals surface area contributed by atoms with E-state index in [1.807, 2.05) is 24.3 Å². The molecule has 2 aliphatic rings. The Balaban J connectivity index is 1.46. The van der Waals surface area contributed by atoms with E-state index < -0.39 is 0 Å². The van der Waals surface area contributed by atoms with Crippen LogP contribution < -0.4 is 15.0 Å². The van der Waals surface area contributed by atoms with Gasteiger partial charge >= 0.3 is 6.09 Å². The van der Waals surface area contributed by atoms with Crippen molar-refractivity contribution in [2.24, 2.45) is 0 Å². The van der Waals surface area contributed by atoms with Gasteiger partial charge in [-0.3, -0.25) is 14.5 Å². The van der Waals surface area contributed by atoms with Gasteiger partial charge in [0.2, 0.25) is 5.91 Å². The molecule has 0 radical (unpaired) electrons. The highest BCUT2D eigenvalue weighted by Crippen LogP contribution is 2.32. The summed E-state index contributed by atoms with van der Waals surface area (Å²) >= 11 is 0. The topological polar surface area (TPSA) is 88.2 Å². The number of ether oxygens (including phenoxy) is 2. The van der Waals surface area contributed by atoms with Crippen molar-refractivity contribution in [2.75, 3.05) is 30.4 Å². The number of carbonyl (C=O) groups excluding carboxylic acids is 3. The van der Waals surface area contributed by atoms with Gasteiger partial charge in [-0.25, -0.2) is 4.79 Å². The van der Waals surface area contributed by atoms with E-state index >= 15 is 0 Å². The average molecular weight is 423 g/mol. The SMILES string of the molecule is COc1cc(NC(C)=O)ccc1C(=O)N1CCC(N2C(=O)OCc3ccccc32)CC1. The fraction of sp³-hybridized carbons (Fsp3) is 0.348. The number of amides is 3. The third-order valence-corrected chi connectivity index (χ3v) is 5.67. The summed E-state index contributed by atoms with van der Waals surface area (Å²) in [6, 6.07) is 12.7. The molecule has 31 heavy (non-hydrogen) atoms. The molecule has 2 aliphatic heterocycles. The molecule has 2 aromatic rings. The van der Waals surface area contributed by atoms with Crippen molar-refractivity contribution < 1.29 is 23.9 Å². The van der Waals surface area contributed by atoms with E-state index in [0.717, 1.165) is 11.3 Å². The number of likely N-dealkylation sites (tertiary alicyclic amines) is 1. The third kappa shape index (κ3) is 4.19. The first-order valence-electron chi connectivity index (χ1n) is 10.3. The van der Waals surface area contributed by atoms with Crippen LogP contribution in [0.25, 0.3) is 0 Å². The normalized spacial score (nSPS) is 16.4. The van der Waals surface area contributed by atoms with Crippen molar-refractivity contribution in [3.05, 3.63) is 53.6 Å². The molecule has 8 nitrogen and oxygen atoms in total. The number of hydrogen-bond donors (Lipinski definition) is 1. The van der Waals surface area contributed by atoms with Crippen molar-refractivity contribution in [1.82, 2.24) is 4.90 Å². The molecule has 0 aliphatic carbocycles. The maximum atomic E-state index is 13.1. The Labute approximate surface area is 180 Å². The molecule has 2 heterocycles. The summed E-state index contributed by atoms with van der Waals surface area (Å²) in [6.45, 7) is 2.75. The van der Waals surface area contributed by atoms with Crippen LogP contribution in [0.1, 0.15) is 35.7 Å². The zero-order valence-electron chi connectivity index (χ0n) is 17.6. The monoisotopic (exact) mass is 423 g/mol. The summed E-state index contributed by atoms with van der Waals surface area (Å²) in [6.07, 6.45) is 0.974. The van der Waals surface area contributed by atoms with Crippen molar-refractivity contribution in [3.63, 3.8) is 0 Å². The van der Waals surface area contributed by atoms with Crippen LogP contribution in [0.15, 0.2) is 42.5 Å². The number of para-hydroxylation sites is 1. The zero-order valence-corrected chi connectivity index (χ0v) is 17.6. The minimum Gasteiger partial charge on any atom is -0.496 e. The molecular formula is C23H25N3O5. The number of nitrogens with one attached hydrogen (secondary N) is 1. The van der Waals surface area contributed by atoms with E-state index in [9.17, 15) is 14.4 Å². The predicted molar refractivity (Wildman–Crippen MR) is 115 cm³/mol. The highest BCUT2D eigenvalue weighted by Gasteiger charge is 2.35. The summed E-state index contributed by atoms with van der Waals surface area (Å²) in [5.41, 5.74) is 2.89. The molecule has 8 heteroatoms. The standard InChI is InChI=1S/C23H25N3O5/c1-15(27)24-17-7-8-19(21(13-17)30-2)22(28)25-11-9-18(10-12-25)26-20-6-4-3-5-16(20)14-31-23(26)29/h3-8,13,18H,9-12,14H2,1-2H3,(H,24,27). The second-order valence-corrected chi connectivity index (χ2v) is 7.67. The molecule has 0 bridgehead atoms. The van der Waals surface area contributed by atoms with Gasteiger partial charge in [0.15, 0.2) is 0 Å². The lowest BCUT2D eigenvalue weighted by Gasteiger charge is -2.40. The van der Waals surface area contributed by atoms with Gasteiger partial charge in [0, 0.05) is 43.4 Å². The van der Waals surface area contributed by atoms with E-state index in [4.69, 9.17) is 9.47 Å². The van der Waals surface area contributed by atoms with Crippen LogP contribution in [-0.2, 0) is 16.1 Å². The van der Waals surface area contributed by atoms with Gasteiger partial charge in [-0.2, -0.15) is 0 Å². The van der Waals surface area contributed by atoms with Gasteiger partial charge in [0.1, 0.15) is 12.4 Å². The first-order valence-corrected chi connectivity index (χ1v) is 10.3. The second-order valence-electron chi connectivity index (χ2n) is 7.67. The van der Waals surface area contributed by atoms with Crippen LogP contribution in [-0.4, -0.2) is 49.0 Å². The molecule has 2 aromatic carbocycles. The zero-order chi connectivity index (χ0) is 22.0. The molecule has 0 aromatic heterocycles. The fourth-order valence-corrected chi connectivity index (χ4v) is 4.17. The lowest BCUT2D eigenvalue weighted by atomic mass is 10.00.